The van der Waals surface area contributed by atoms with Crippen LogP contribution in [0.25, 0.3) is 11.0 Å². The molecule has 1 fully saturated rings. The second-order valence-electron chi connectivity index (χ2n) is 11.0. The van der Waals surface area contributed by atoms with Crippen LogP contribution in [0.5, 0.6) is 17.2 Å². The second-order valence-corrected chi connectivity index (χ2v) is 11.0. The number of aromatic nitrogens is 3. The number of rotatable bonds is 10. The lowest BCUT2D eigenvalue weighted by Crippen LogP contribution is -2.46. The van der Waals surface area contributed by atoms with E-state index in [2.05, 4.69) is 15.3 Å². The van der Waals surface area contributed by atoms with Crippen LogP contribution in [0.15, 0.2) is 61.1 Å². The lowest BCUT2D eigenvalue weighted by atomic mass is 10.1. The molecule has 1 amide bonds. The molecule has 2 aromatic carbocycles. The van der Waals surface area contributed by atoms with E-state index in [1.54, 1.807) is 0 Å². The van der Waals surface area contributed by atoms with E-state index in [9.17, 15) is 9.90 Å². The number of hydrogen-bond donors (Lipinski definition) is 2. The van der Waals surface area contributed by atoms with Gasteiger partial charge in [-0.1, -0.05) is 6.07 Å². The van der Waals surface area contributed by atoms with Crippen molar-refractivity contribution in [3.05, 3.63) is 66.6 Å². The Morgan fingerprint density at radius 1 is 1.13 bits per heavy atom. The van der Waals surface area contributed by atoms with E-state index in [1.165, 1.54) is 24.1 Å². The van der Waals surface area contributed by atoms with Gasteiger partial charge in [0.15, 0.2) is 5.82 Å². The standard InChI is InChI=1S/C30H35N5O4/c1-20-16-22(10-11-26(20)39-24-7-5-6-23(17-24)38-18-21-8-9-21)33-28-27-25(31-19-32-28)12-13-34(27)14-15-35(29(36)37)30(2,3)4/h5-7,10-13,16-17,19,21H,8-9,14-15,18H2,1-4H3,(H,36,37)(H,31,32,33). The lowest BCUT2D eigenvalue weighted by molar-refractivity contribution is 0.0981. The van der Waals surface area contributed by atoms with Crippen molar-refractivity contribution in [3.63, 3.8) is 0 Å². The summed E-state index contributed by atoms with van der Waals surface area (Å²) in [7, 11) is 0. The first-order chi connectivity index (χ1) is 18.7. The van der Waals surface area contributed by atoms with Gasteiger partial charge in [0, 0.05) is 36.6 Å². The summed E-state index contributed by atoms with van der Waals surface area (Å²) in [5.41, 5.74) is 2.92. The second kappa shape index (κ2) is 10.8. The fourth-order valence-electron chi connectivity index (χ4n) is 4.47. The molecule has 9 heteroatoms. The molecule has 0 radical (unpaired) electrons. The minimum Gasteiger partial charge on any atom is -0.493 e. The third-order valence-corrected chi connectivity index (χ3v) is 6.81. The van der Waals surface area contributed by atoms with Crippen LogP contribution in [0.3, 0.4) is 0 Å². The van der Waals surface area contributed by atoms with Gasteiger partial charge in [0.25, 0.3) is 0 Å². The number of carboxylic acid groups (broad SMARTS) is 1. The first-order valence-corrected chi connectivity index (χ1v) is 13.3. The first-order valence-electron chi connectivity index (χ1n) is 13.3. The van der Waals surface area contributed by atoms with Crippen LogP contribution in [0, 0.1) is 12.8 Å². The minimum absolute atomic E-state index is 0.342. The normalized spacial score (nSPS) is 13.3. The van der Waals surface area contributed by atoms with E-state index >= 15 is 0 Å². The molecular weight excluding hydrogens is 494 g/mol. The maximum atomic E-state index is 11.8. The molecule has 0 aliphatic heterocycles. The maximum absolute atomic E-state index is 11.8. The van der Waals surface area contributed by atoms with E-state index in [1.807, 2.05) is 87.0 Å². The molecule has 2 aromatic heterocycles. The van der Waals surface area contributed by atoms with Gasteiger partial charge in [-0.3, -0.25) is 0 Å². The summed E-state index contributed by atoms with van der Waals surface area (Å²) in [6.07, 6.45) is 5.00. The molecule has 2 heterocycles. The SMILES string of the molecule is Cc1cc(Nc2ncnc3ccn(CCN(C(=O)O)C(C)(C)C)c23)ccc1Oc1cccc(OCC2CC2)c1. The predicted molar refractivity (Wildman–Crippen MR) is 151 cm³/mol. The molecule has 0 unspecified atom stereocenters. The molecule has 9 nitrogen and oxygen atoms in total. The van der Waals surface area contributed by atoms with Crippen molar-refractivity contribution >= 4 is 28.6 Å². The molecule has 0 bridgehead atoms. The van der Waals surface area contributed by atoms with E-state index in [4.69, 9.17) is 9.47 Å². The number of aryl methyl sites for hydroxylation is 1. The summed E-state index contributed by atoms with van der Waals surface area (Å²) in [5, 5.41) is 13.1. The highest BCUT2D eigenvalue weighted by Gasteiger charge is 2.26. The number of benzene rings is 2. The topological polar surface area (TPSA) is 102 Å². The zero-order chi connectivity index (χ0) is 27.6. The van der Waals surface area contributed by atoms with Crippen molar-refractivity contribution in [1.29, 1.82) is 0 Å². The minimum atomic E-state index is -0.941. The molecular formula is C30H35N5O4. The molecule has 39 heavy (non-hydrogen) atoms. The van der Waals surface area contributed by atoms with Crippen LogP contribution < -0.4 is 14.8 Å². The van der Waals surface area contributed by atoms with Crippen molar-refractivity contribution in [2.75, 3.05) is 18.5 Å². The summed E-state index contributed by atoms with van der Waals surface area (Å²) < 4.78 is 14.0. The Balaban J connectivity index is 1.31. The van der Waals surface area contributed by atoms with Gasteiger partial charge in [-0.05, 0) is 88.4 Å². The molecule has 4 aromatic rings. The Morgan fingerprint density at radius 2 is 1.92 bits per heavy atom. The summed E-state index contributed by atoms with van der Waals surface area (Å²) in [6, 6.07) is 15.5. The fraction of sp³-hybridized carbons (Fsp3) is 0.367. The molecule has 1 aliphatic rings. The van der Waals surface area contributed by atoms with E-state index in [0.29, 0.717) is 24.8 Å². The summed E-state index contributed by atoms with van der Waals surface area (Å²) in [6.45, 7) is 9.25. The van der Waals surface area contributed by atoms with Gasteiger partial charge in [-0.15, -0.1) is 0 Å². The van der Waals surface area contributed by atoms with E-state index in [-0.39, 0.29) is 0 Å². The van der Waals surface area contributed by atoms with Crippen molar-refractivity contribution < 1.29 is 19.4 Å². The molecule has 204 valence electrons. The van der Waals surface area contributed by atoms with Crippen LogP contribution in [0.4, 0.5) is 16.3 Å². The van der Waals surface area contributed by atoms with Gasteiger partial charge in [-0.2, -0.15) is 0 Å². The number of fused-ring (bicyclic) bond motifs is 1. The summed E-state index contributed by atoms with van der Waals surface area (Å²) >= 11 is 0. The van der Waals surface area contributed by atoms with Gasteiger partial charge < -0.3 is 29.4 Å². The van der Waals surface area contributed by atoms with Crippen LogP contribution in [-0.2, 0) is 6.54 Å². The maximum Gasteiger partial charge on any atom is 0.407 e. The van der Waals surface area contributed by atoms with Gasteiger partial charge in [0.1, 0.15) is 29.1 Å². The molecule has 1 saturated carbocycles. The lowest BCUT2D eigenvalue weighted by Gasteiger charge is -2.33. The van der Waals surface area contributed by atoms with Crippen molar-refractivity contribution in [1.82, 2.24) is 19.4 Å². The molecule has 5 rings (SSSR count). The number of anilines is 2. The molecule has 1 aliphatic carbocycles. The Hall–Kier alpha value is -4.27. The van der Waals surface area contributed by atoms with Crippen molar-refractivity contribution in [2.24, 2.45) is 5.92 Å². The van der Waals surface area contributed by atoms with Gasteiger partial charge in [-0.25, -0.2) is 14.8 Å². The highest BCUT2D eigenvalue weighted by atomic mass is 16.5. The van der Waals surface area contributed by atoms with E-state index < -0.39 is 11.6 Å². The summed E-state index contributed by atoms with van der Waals surface area (Å²) in [5.74, 6) is 3.65. The third kappa shape index (κ3) is 6.42. The third-order valence-electron chi connectivity index (χ3n) is 6.81. The first kappa shape index (κ1) is 26.3. The average molecular weight is 530 g/mol. The van der Waals surface area contributed by atoms with Crippen LogP contribution >= 0.6 is 0 Å². The predicted octanol–water partition coefficient (Wildman–Crippen LogP) is 6.84. The van der Waals surface area contributed by atoms with Crippen molar-refractivity contribution in [2.45, 2.75) is 52.6 Å². The average Bonchev–Trinajstić information content (AvgIpc) is 3.62. The highest BCUT2D eigenvalue weighted by molar-refractivity contribution is 5.88. The monoisotopic (exact) mass is 529 g/mol. The van der Waals surface area contributed by atoms with Crippen molar-refractivity contribution in [3.8, 4) is 17.2 Å². The Kier molecular flexibility index (Phi) is 7.32. The van der Waals surface area contributed by atoms with Crippen LogP contribution in [-0.4, -0.2) is 49.3 Å². The van der Waals surface area contributed by atoms with Crippen LogP contribution in [0.2, 0.25) is 0 Å². The number of carbonyl (C=O) groups is 1. The number of ether oxygens (including phenoxy) is 2. The molecule has 0 atom stereocenters. The van der Waals surface area contributed by atoms with Crippen LogP contribution in [0.1, 0.15) is 39.2 Å². The zero-order valence-electron chi connectivity index (χ0n) is 22.8. The Bertz CT molecular complexity index is 1470. The Morgan fingerprint density at radius 3 is 2.64 bits per heavy atom. The molecule has 0 saturated heterocycles. The quantitative estimate of drug-likeness (QED) is 0.232. The number of amides is 1. The van der Waals surface area contributed by atoms with E-state index in [0.717, 1.165) is 46.1 Å². The zero-order valence-corrected chi connectivity index (χ0v) is 22.8. The fourth-order valence-corrected chi connectivity index (χ4v) is 4.47. The number of nitrogens with one attached hydrogen (secondary N) is 1. The smallest absolute Gasteiger partial charge is 0.407 e. The number of nitrogens with zero attached hydrogens (tertiary/aromatic N) is 4. The van der Waals surface area contributed by atoms with Gasteiger partial charge >= 0.3 is 6.09 Å². The highest BCUT2D eigenvalue weighted by Crippen LogP contribution is 2.33. The molecule has 0 spiro atoms. The number of hydrogen-bond acceptors (Lipinski definition) is 6. The largest absolute Gasteiger partial charge is 0.493 e. The Labute approximate surface area is 228 Å². The van der Waals surface area contributed by atoms with Gasteiger partial charge in [0.05, 0.1) is 12.1 Å². The summed E-state index contributed by atoms with van der Waals surface area (Å²) in [4.78, 5) is 22.1. The van der Waals surface area contributed by atoms with Gasteiger partial charge in [0.2, 0.25) is 0 Å². The molecule has 2 N–H and O–H groups in total.